The van der Waals surface area contributed by atoms with E-state index in [-0.39, 0.29) is 24.7 Å². The lowest BCUT2D eigenvalue weighted by Gasteiger charge is -2.22. The number of aliphatic hydroxyl groups excluding tert-OH is 1. The van der Waals surface area contributed by atoms with Gasteiger partial charge in [-0.1, -0.05) is 12.1 Å². The molecule has 0 aromatic heterocycles. The zero-order valence-corrected chi connectivity index (χ0v) is 12.7. The second-order valence-corrected chi connectivity index (χ2v) is 6.16. The summed E-state index contributed by atoms with van der Waals surface area (Å²) in [5, 5.41) is 9.68. The Morgan fingerprint density at radius 1 is 1.24 bits per heavy atom. The van der Waals surface area contributed by atoms with Gasteiger partial charge in [0.15, 0.2) is 0 Å². The summed E-state index contributed by atoms with van der Waals surface area (Å²) in [6.45, 7) is 2.87. The van der Waals surface area contributed by atoms with Crippen molar-refractivity contribution in [2.75, 3.05) is 13.7 Å². The lowest BCUT2D eigenvalue weighted by atomic mass is 9.91. The summed E-state index contributed by atoms with van der Waals surface area (Å²) >= 11 is 0. The van der Waals surface area contributed by atoms with Crippen molar-refractivity contribution in [2.24, 2.45) is 11.8 Å². The van der Waals surface area contributed by atoms with Gasteiger partial charge in [0.2, 0.25) is 0 Å². The Bertz CT molecular complexity index is 458. The average Bonchev–Trinajstić information content (AvgIpc) is 3.00. The van der Waals surface area contributed by atoms with Crippen LogP contribution in [-0.2, 0) is 16.1 Å². The molecule has 1 unspecified atom stereocenters. The van der Waals surface area contributed by atoms with Gasteiger partial charge in [0, 0.05) is 18.9 Å². The first-order valence-electron chi connectivity index (χ1n) is 7.72. The van der Waals surface area contributed by atoms with E-state index in [0.29, 0.717) is 18.6 Å². The third-order valence-electron chi connectivity index (χ3n) is 4.81. The molecule has 1 saturated carbocycles. The van der Waals surface area contributed by atoms with E-state index in [9.17, 15) is 5.11 Å². The topological polar surface area (TPSA) is 47.9 Å². The van der Waals surface area contributed by atoms with Crippen molar-refractivity contribution < 1.29 is 19.3 Å². The predicted molar refractivity (Wildman–Crippen MR) is 79.2 cm³/mol. The molecular formula is C17H24O4. The maximum atomic E-state index is 9.68. The van der Waals surface area contributed by atoms with Crippen molar-refractivity contribution in [3.63, 3.8) is 0 Å². The van der Waals surface area contributed by atoms with Gasteiger partial charge in [-0.2, -0.15) is 0 Å². The van der Waals surface area contributed by atoms with Crippen molar-refractivity contribution in [1.82, 2.24) is 0 Å². The molecule has 21 heavy (non-hydrogen) atoms. The van der Waals surface area contributed by atoms with Crippen LogP contribution in [0.5, 0.6) is 5.75 Å². The Hall–Kier alpha value is -1.10. The average molecular weight is 292 g/mol. The van der Waals surface area contributed by atoms with Crippen LogP contribution in [0.4, 0.5) is 0 Å². The summed E-state index contributed by atoms with van der Waals surface area (Å²) in [7, 11) is 1.66. The maximum absolute atomic E-state index is 9.68. The van der Waals surface area contributed by atoms with Crippen LogP contribution in [0.2, 0.25) is 0 Å². The molecule has 1 aliphatic carbocycles. The lowest BCUT2D eigenvalue weighted by molar-refractivity contribution is -0.0201. The minimum atomic E-state index is 0.0969. The van der Waals surface area contributed by atoms with E-state index < -0.39 is 0 Å². The highest BCUT2D eigenvalue weighted by molar-refractivity contribution is 5.26. The van der Waals surface area contributed by atoms with E-state index in [1.807, 2.05) is 24.3 Å². The molecule has 4 heteroatoms. The molecule has 1 aromatic rings. The Kier molecular flexibility index (Phi) is 4.48. The van der Waals surface area contributed by atoms with Gasteiger partial charge in [0.05, 0.1) is 32.0 Å². The number of hydrogen-bond donors (Lipinski definition) is 1. The number of fused-ring (bicyclic) bond motifs is 1. The molecule has 2 aliphatic rings. The molecule has 1 aliphatic heterocycles. The summed E-state index contributed by atoms with van der Waals surface area (Å²) < 4.78 is 17.1. The van der Waals surface area contributed by atoms with Crippen molar-refractivity contribution in [2.45, 2.75) is 44.7 Å². The number of rotatable bonds is 5. The molecule has 2 fully saturated rings. The standard InChI is InChI=1S/C17H24O4/c1-11-7-14-15(9-18)16(8-17(14)21-11)20-10-12-3-5-13(19-2)6-4-12/h3-6,11,14-18H,7-10H2,1-2H3/t11?,14-,15-,16-,17+/m1/s1. The van der Waals surface area contributed by atoms with E-state index in [1.54, 1.807) is 7.11 Å². The highest BCUT2D eigenvalue weighted by Crippen LogP contribution is 2.44. The van der Waals surface area contributed by atoms with Gasteiger partial charge in [-0.05, 0) is 37.0 Å². The molecule has 1 aromatic carbocycles. The van der Waals surface area contributed by atoms with Gasteiger partial charge >= 0.3 is 0 Å². The largest absolute Gasteiger partial charge is 0.497 e. The molecule has 116 valence electrons. The normalized spacial score (nSPS) is 34.9. The van der Waals surface area contributed by atoms with Crippen LogP contribution in [0.25, 0.3) is 0 Å². The minimum Gasteiger partial charge on any atom is -0.497 e. The van der Waals surface area contributed by atoms with Gasteiger partial charge in [0.25, 0.3) is 0 Å². The Balaban J connectivity index is 1.57. The van der Waals surface area contributed by atoms with Crippen LogP contribution < -0.4 is 4.74 Å². The Labute approximate surface area is 126 Å². The molecule has 0 radical (unpaired) electrons. The second-order valence-electron chi connectivity index (χ2n) is 6.16. The summed E-state index contributed by atoms with van der Waals surface area (Å²) in [6.07, 6.45) is 2.61. The quantitative estimate of drug-likeness (QED) is 0.905. The van der Waals surface area contributed by atoms with Gasteiger partial charge < -0.3 is 19.3 Å². The fraction of sp³-hybridized carbons (Fsp3) is 0.647. The molecule has 0 amide bonds. The van der Waals surface area contributed by atoms with Gasteiger partial charge in [-0.25, -0.2) is 0 Å². The van der Waals surface area contributed by atoms with E-state index in [1.165, 1.54) is 0 Å². The van der Waals surface area contributed by atoms with Crippen LogP contribution in [0.15, 0.2) is 24.3 Å². The maximum Gasteiger partial charge on any atom is 0.118 e. The molecule has 5 atom stereocenters. The predicted octanol–water partition coefficient (Wildman–Crippen LogP) is 2.39. The SMILES string of the molecule is COc1ccc(CO[C@@H]2C[C@@H]3OC(C)C[C@@H]3[C@H]2CO)cc1. The molecule has 4 nitrogen and oxygen atoms in total. The second kappa shape index (κ2) is 6.34. The highest BCUT2D eigenvalue weighted by Gasteiger charge is 2.48. The first-order chi connectivity index (χ1) is 10.2. The summed E-state index contributed by atoms with van der Waals surface area (Å²) in [5.41, 5.74) is 1.12. The fourth-order valence-corrected chi connectivity index (χ4v) is 3.72. The third kappa shape index (κ3) is 3.07. The number of aliphatic hydroxyl groups is 1. The number of ether oxygens (including phenoxy) is 3. The zero-order valence-electron chi connectivity index (χ0n) is 12.7. The van der Waals surface area contributed by atoms with Gasteiger partial charge in [-0.3, -0.25) is 0 Å². The van der Waals surface area contributed by atoms with Crippen molar-refractivity contribution in [3.8, 4) is 5.75 Å². The molecule has 1 heterocycles. The number of benzene rings is 1. The summed E-state index contributed by atoms with van der Waals surface area (Å²) in [5.74, 6) is 1.51. The molecular weight excluding hydrogens is 268 g/mol. The summed E-state index contributed by atoms with van der Waals surface area (Å²) in [4.78, 5) is 0. The van der Waals surface area contributed by atoms with E-state index in [2.05, 4.69) is 6.92 Å². The van der Waals surface area contributed by atoms with Crippen molar-refractivity contribution >= 4 is 0 Å². The summed E-state index contributed by atoms with van der Waals surface area (Å²) in [6, 6.07) is 7.91. The molecule has 1 N–H and O–H groups in total. The fourth-order valence-electron chi connectivity index (χ4n) is 3.72. The first kappa shape index (κ1) is 14.8. The molecule has 1 saturated heterocycles. The van der Waals surface area contributed by atoms with Gasteiger partial charge in [0.1, 0.15) is 5.75 Å². The van der Waals surface area contributed by atoms with Crippen LogP contribution in [-0.4, -0.2) is 37.1 Å². The third-order valence-corrected chi connectivity index (χ3v) is 4.81. The van der Waals surface area contributed by atoms with Crippen LogP contribution in [0.1, 0.15) is 25.3 Å². The molecule has 3 rings (SSSR count). The molecule has 0 bridgehead atoms. The van der Waals surface area contributed by atoms with Crippen LogP contribution in [0.3, 0.4) is 0 Å². The number of methoxy groups -OCH3 is 1. The highest BCUT2D eigenvalue weighted by atomic mass is 16.5. The van der Waals surface area contributed by atoms with E-state index in [0.717, 1.165) is 24.2 Å². The minimum absolute atomic E-state index is 0.0969. The van der Waals surface area contributed by atoms with E-state index >= 15 is 0 Å². The monoisotopic (exact) mass is 292 g/mol. The first-order valence-corrected chi connectivity index (χ1v) is 7.72. The Morgan fingerprint density at radius 2 is 2.00 bits per heavy atom. The van der Waals surface area contributed by atoms with Crippen LogP contribution >= 0.6 is 0 Å². The smallest absolute Gasteiger partial charge is 0.118 e. The Morgan fingerprint density at radius 3 is 2.67 bits per heavy atom. The zero-order chi connectivity index (χ0) is 14.8. The van der Waals surface area contributed by atoms with Crippen molar-refractivity contribution in [1.29, 1.82) is 0 Å². The lowest BCUT2D eigenvalue weighted by Crippen LogP contribution is -2.26. The van der Waals surface area contributed by atoms with E-state index in [4.69, 9.17) is 14.2 Å². The van der Waals surface area contributed by atoms with Crippen LogP contribution in [0, 0.1) is 11.8 Å². The van der Waals surface area contributed by atoms with Crippen molar-refractivity contribution in [3.05, 3.63) is 29.8 Å². The number of hydrogen-bond acceptors (Lipinski definition) is 4. The molecule has 0 spiro atoms. The van der Waals surface area contributed by atoms with Gasteiger partial charge in [-0.15, -0.1) is 0 Å².